The molecule has 0 aliphatic carbocycles. The molecular weight excluding hydrogens is 256 g/mol. The maximum absolute atomic E-state index is 11.1. The van der Waals surface area contributed by atoms with Crippen LogP contribution in [0.2, 0.25) is 0 Å². The van der Waals surface area contributed by atoms with E-state index in [1.54, 1.807) is 0 Å². The number of carbonyl (C=O) groups is 2. The summed E-state index contributed by atoms with van der Waals surface area (Å²) in [7, 11) is 0. The van der Waals surface area contributed by atoms with Crippen LogP contribution in [-0.2, 0) is 19.1 Å². The number of hydrogen-bond donors (Lipinski definition) is 0. The topological polar surface area (TPSA) is 52.6 Å². The van der Waals surface area contributed by atoms with Gasteiger partial charge in [0.25, 0.3) is 6.29 Å². The first kappa shape index (κ1) is 18.7. The lowest BCUT2D eigenvalue weighted by molar-refractivity contribution is -0.178. The number of esters is 2. The van der Waals surface area contributed by atoms with Gasteiger partial charge in [-0.2, -0.15) is 0 Å². The van der Waals surface area contributed by atoms with Crippen molar-refractivity contribution in [1.29, 1.82) is 0 Å². The molecule has 0 heterocycles. The molecule has 116 valence electrons. The van der Waals surface area contributed by atoms with Gasteiger partial charge in [0.05, 0.1) is 0 Å². The van der Waals surface area contributed by atoms with E-state index in [0.717, 1.165) is 31.3 Å². The van der Waals surface area contributed by atoms with E-state index in [4.69, 9.17) is 9.47 Å². The quantitative estimate of drug-likeness (QED) is 0.262. The van der Waals surface area contributed by atoms with E-state index in [1.807, 2.05) is 6.92 Å². The van der Waals surface area contributed by atoms with Crippen LogP contribution in [0.4, 0.5) is 0 Å². The van der Waals surface area contributed by atoms with E-state index < -0.39 is 18.2 Å². The Bertz CT molecular complexity index is 304. The van der Waals surface area contributed by atoms with Gasteiger partial charge >= 0.3 is 11.9 Å². The van der Waals surface area contributed by atoms with Gasteiger partial charge < -0.3 is 9.47 Å². The first-order valence-corrected chi connectivity index (χ1v) is 7.54. The monoisotopic (exact) mass is 284 g/mol. The summed E-state index contributed by atoms with van der Waals surface area (Å²) in [6.07, 6.45) is 8.52. The van der Waals surface area contributed by atoms with Crippen molar-refractivity contribution in [2.75, 3.05) is 0 Å². The Morgan fingerprint density at radius 2 is 1.55 bits per heavy atom. The Morgan fingerprint density at radius 1 is 0.950 bits per heavy atom. The minimum atomic E-state index is -0.865. The summed E-state index contributed by atoms with van der Waals surface area (Å²) in [5.74, 6) is -0.881. The maximum atomic E-state index is 11.1. The second kappa shape index (κ2) is 11.5. The van der Waals surface area contributed by atoms with Crippen molar-refractivity contribution in [3.05, 3.63) is 11.6 Å². The van der Waals surface area contributed by atoms with Crippen molar-refractivity contribution >= 4 is 11.9 Å². The fourth-order valence-electron chi connectivity index (χ4n) is 1.94. The van der Waals surface area contributed by atoms with E-state index in [1.165, 1.54) is 33.1 Å². The van der Waals surface area contributed by atoms with E-state index in [0.29, 0.717) is 0 Å². The van der Waals surface area contributed by atoms with Crippen LogP contribution >= 0.6 is 0 Å². The molecule has 0 fully saturated rings. The molecule has 0 aliphatic heterocycles. The minimum absolute atomic E-state index is 0.441. The van der Waals surface area contributed by atoms with Crippen molar-refractivity contribution in [1.82, 2.24) is 0 Å². The number of unbranched alkanes of at least 4 members (excludes halogenated alkanes) is 4. The van der Waals surface area contributed by atoms with E-state index >= 15 is 0 Å². The second-order valence-corrected chi connectivity index (χ2v) is 4.93. The summed E-state index contributed by atoms with van der Waals surface area (Å²) < 4.78 is 10.2. The van der Waals surface area contributed by atoms with Crippen LogP contribution in [0, 0.1) is 0 Å². The molecule has 0 atom stereocenters. The molecule has 0 amide bonds. The predicted octanol–water partition coefficient (Wildman–Crippen LogP) is 4.14. The molecule has 4 nitrogen and oxygen atoms in total. The lowest BCUT2D eigenvalue weighted by atomic mass is 10.1. The number of hydrogen-bond acceptors (Lipinski definition) is 4. The molecule has 0 aromatic heterocycles. The molecule has 0 aliphatic rings. The van der Waals surface area contributed by atoms with Gasteiger partial charge in [0.2, 0.25) is 0 Å². The third kappa shape index (κ3) is 9.59. The Balaban J connectivity index is 4.63. The number of allylic oxidation sites excluding steroid dienone is 1. The molecule has 0 aromatic rings. The number of rotatable bonds is 10. The average molecular weight is 284 g/mol. The van der Waals surface area contributed by atoms with Crippen LogP contribution in [0.3, 0.4) is 0 Å². The van der Waals surface area contributed by atoms with Crippen LogP contribution in [-0.4, -0.2) is 18.2 Å². The SMILES string of the molecule is CCCCCC/C=C(\CCC)C(OC(C)=O)OC(C)=O. The fraction of sp³-hybridized carbons (Fsp3) is 0.750. The zero-order valence-electron chi connectivity index (χ0n) is 13.2. The Morgan fingerprint density at radius 3 is 2.00 bits per heavy atom. The summed E-state index contributed by atoms with van der Waals surface area (Å²) in [5.41, 5.74) is 0.884. The molecule has 0 spiro atoms. The van der Waals surface area contributed by atoms with Crippen LogP contribution < -0.4 is 0 Å². The van der Waals surface area contributed by atoms with Gasteiger partial charge in [0.15, 0.2) is 0 Å². The molecule has 20 heavy (non-hydrogen) atoms. The second-order valence-electron chi connectivity index (χ2n) is 4.93. The zero-order valence-corrected chi connectivity index (χ0v) is 13.2. The van der Waals surface area contributed by atoms with Crippen molar-refractivity contribution in [3.63, 3.8) is 0 Å². The van der Waals surface area contributed by atoms with Gasteiger partial charge in [0, 0.05) is 19.4 Å². The lowest BCUT2D eigenvalue weighted by Crippen LogP contribution is -2.24. The normalized spacial score (nSPS) is 11.6. The van der Waals surface area contributed by atoms with Crippen LogP contribution in [0.5, 0.6) is 0 Å². The van der Waals surface area contributed by atoms with Crippen LogP contribution in [0.25, 0.3) is 0 Å². The summed E-state index contributed by atoms with van der Waals surface area (Å²) in [4.78, 5) is 22.2. The van der Waals surface area contributed by atoms with Gasteiger partial charge in [-0.25, -0.2) is 0 Å². The van der Waals surface area contributed by atoms with Gasteiger partial charge in [-0.05, 0) is 19.3 Å². The predicted molar refractivity (Wildman–Crippen MR) is 79.1 cm³/mol. The molecule has 0 aromatic carbocycles. The first-order valence-electron chi connectivity index (χ1n) is 7.54. The van der Waals surface area contributed by atoms with Crippen molar-refractivity contribution in [2.24, 2.45) is 0 Å². The van der Waals surface area contributed by atoms with E-state index in [9.17, 15) is 9.59 Å². The largest absolute Gasteiger partial charge is 0.421 e. The summed E-state index contributed by atoms with van der Waals surface area (Å²) in [5, 5.41) is 0. The third-order valence-electron chi connectivity index (χ3n) is 2.85. The fourth-order valence-corrected chi connectivity index (χ4v) is 1.94. The average Bonchev–Trinajstić information content (AvgIpc) is 2.35. The molecule has 0 bridgehead atoms. The first-order chi connectivity index (χ1) is 9.51. The highest BCUT2D eigenvalue weighted by molar-refractivity contribution is 5.68. The smallest absolute Gasteiger partial charge is 0.305 e. The molecule has 0 unspecified atom stereocenters. The van der Waals surface area contributed by atoms with E-state index in [-0.39, 0.29) is 0 Å². The lowest BCUT2D eigenvalue weighted by Gasteiger charge is -2.19. The highest BCUT2D eigenvalue weighted by Gasteiger charge is 2.19. The highest BCUT2D eigenvalue weighted by atomic mass is 16.7. The highest BCUT2D eigenvalue weighted by Crippen LogP contribution is 2.18. The number of ether oxygens (including phenoxy) is 2. The molecule has 4 heteroatoms. The summed E-state index contributed by atoms with van der Waals surface area (Å²) in [6.45, 7) is 6.86. The number of carbonyl (C=O) groups excluding carboxylic acids is 2. The standard InChI is InChI=1S/C16H28O4/c1-5-7-8-9-10-12-15(11-6-2)16(19-13(3)17)20-14(4)18/h12,16H,5-11H2,1-4H3/b15-12+. The van der Waals surface area contributed by atoms with Gasteiger partial charge in [-0.3, -0.25) is 9.59 Å². The maximum Gasteiger partial charge on any atom is 0.305 e. The molecule has 0 radical (unpaired) electrons. The summed E-state index contributed by atoms with van der Waals surface area (Å²) in [6, 6.07) is 0. The van der Waals surface area contributed by atoms with Gasteiger partial charge in [-0.15, -0.1) is 0 Å². The zero-order chi connectivity index (χ0) is 15.4. The van der Waals surface area contributed by atoms with Crippen LogP contribution in [0.15, 0.2) is 11.6 Å². The van der Waals surface area contributed by atoms with Crippen molar-refractivity contribution < 1.29 is 19.1 Å². The Labute approximate surface area is 122 Å². The minimum Gasteiger partial charge on any atom is -0.421 e. The Hall–Kier alpha value is -1.32. The third-order valence-corrected chi connectivity index (χ3v) is 2.85. The van der Waals surface area contributed by atoms with Crippen molar-refractivity contribution in [2.45, 2.75) is 78.9 Å². The van der Waals surface area contributed by atoms with Crippen molar-refractivity contribution in [3.8, 4) is 0 Å². The molecule has 0 saturated heterocycles. The molecule has 0 N–H and O–H groups in total. The van der Waals surface area contributed by atoms with Gasteiger partial charge in [0.1, 0.15) is 0 Å². The molecule has 0 saturated carbocycles. The van der Waals surface area contributed by atoms with Crippen LogP contribution in [0.1, 0.15) is 72.6 Å². The summed E-state index contributed by atoms with van der Waals surface area (Å²) >= 11 is 0. The van der Waals surface area contributed by atoms with E-state index in [2.05, 4.69) is 13.0 Å². The molecule has 0 rings (SSSR count). The Kier molecular flexibility index (Phi) is 10.7. The molecular formula is C16H28O4. The van der Waals surface area contributed by atoms with Gasteiger partial charge in [-0.1, -0.05) is 45.6 Å².